The highest BCUT2D eigenvalue weighted by molar-refractivity contribution is 5.86. The first-order chi connectivity index (χ1) is 19.4. The Bertz CT molecular complexity index is 958. The van der Waals surface area contributed by atoms with Gasteiger partial charge in [0.1, 0.15) is 11.6 Å². The lowest BCUT2D eigenvalue weighted by Crippen LogP contribution is -2.60. The summed E-state index contributed by atoms with van der Waals surface area (Å²) in [5.74, 6) is 1.85. The van der Waals surface area contributed by atoms with Gasteiger partial charge in [-0.05, 0) is 127 Å². The minimum absolute atomic E-state index is 0.0702. The third-order valence-corrected chi connectivity index (χ3v) is 13.6. The number of rotatable bonds is 2. The van der Waals surface area contributed by atoms with Crippen molar-refractivity contribution >= 4 is 11.6 Å². The van der Waals surface area contributed by atoms with Gasteiger partial charge in [0.05, 0.1) is 35.6 Å². The Labute approximate surface area is 255 Å². The molecule has 2 aliphatic heterocycles. The van der Waals surface area contributed by atoms with Gasteiger partial charge in [0.2, 0.25) is 0 Å². The molecule has 4 aliphatic carbocycles. The predicted molar refractivity (Wildman–Crippen MR) is 164 cm³/mol. The quantitative estimate of drug-likeness (QED) is 0.362. The Morgan fingerprint density at radius 3 is 1.29 bits per heavy atom. The van der Waals surface area contributed by atoms with Crippen molar-refractivity contribution in [2.45, 2.75) is 181 Å². The summed E-state index contributed by atoms with van der Waals surface area (Å²) in [5.41, 5.74) is -1.60. The summed E-state index contributed by atoms with van der Waals surface area (Å²) in [6, 6.07) is 0. The van der Waals surface area contributed by atoms with Crippen LogP contribution in [0.3, 0.4) is 0 Å². The smallest absolute Gasteiger partial charge is 0.139 e. The molecule has 0 aromatic rings. The molecule has 0 aromatic heterocycles. The maximum absolute atomic E-state index is 12.5. The summed E-state index contributed by atoms with van der Waals surface area (Å²) in [6.45, 7) is 16.4. The fourth-order valence-electron chi connectivity index (χ4n) is 10.8. The zero-order valence-electron chi connectivity index (χ0n) is 27.9. The molecule has 240 valence electrons. The highest BCUT2D eigenvalue weighted by Crippen LogP contribution is 2.62. The van der Waals surface area contributed by atoms with Crippen LogP contribution in [0.15, 0.2) is 0 Å². The summed E-state index contributed by atoms with van der Waals surface area (Å²) in [5, 5.41) is 20.5. The third kappa shape index (κ3) is 5.36. The van der Waals surface area contributed by atoms with Crippen LogP contribution in [0.4, 0.5) is 0 Å². The standard InChI is InChI=1S/2C18H30O3/c2*1-16(2,20)14-8-11-18(4)12-6-5-7-13(19)17(12,3)10-9-15(18)21-14/h2*12,14-15,20H,5-11H2,1-4H3/t2*12-,14+,15+,17-,18+/m11/s1. The van der Waals surface area contributed by atoms with Crippen LogP contribution < -0.4 is 0 Å². The van der Waals surface area contributed by atoms with Crippen LogP contribution >= 0.6 is 0 Å². The number of Topliss-reactive ketones (excluding diaryl/α,β-unsaturated/α-hetero) is 2. The number of carbonyl (C=O) groups excluding carboxylic acids is 2. The maximum Gasteiger partial charge on any atom is 0.139 e. The SMILES string of the molecule is CC(C)(O)[C@@H]1CC[C@]2(C)[C@H](CC[C@@]3(C)C(=O)CCC[C@@H]23)O1.CC(C)(O)[C@@H]1CC[C@]2(C)[C@H](CC[C@@]3(C)C(=O)CCC[C@@H]23)O1. The van der Waals surface area contributed by atoms with Crippen molar-refractivity contribution in [1.82, 2.24) is 0 Å². The molecule has 4 saturated carbocycles. The zero-order valence-corrected chi connectivity index (χ0v) is 27.9. The van der Waals surface area contributed by atoms with Crippen molar-refractivity contribution in [2.24, 2.45) is 33.5 Å². The van der Waals surface area contributed by atoms with Gasteiger partial charge in [-0.15, -0.1) is 0 Å². The first-order valence-electron chi connectivity index (χ1n) is 17.2. The molecule has 42 heavy (non-hydrogen) atoms. The summed E-state index contributed by atoms with van der Waals surface area (Å²) < 4.78 is 12.7. The molecule has 0 unspecified atom stereocenters. The lowest BCUT2D eigenvalue weighted by atomic mass is 9.48. The second-order valence-electron chi connectivity index (χ2n) is 17.3. The average molecular weight is 589 g/mol. The van der Waals surface area contributed by atoms with Crippen molar-refractivity contribution < 1.29 is 29.3 Å². The third-order valence-electron chi connectivity index (χ3n) is 13.6. The zero-order chi connectivity index (χ0) is 30.9. The first kappa shape index (κ1) is 32.6. The molecule has 6 nitrogen and oxygen atoms in total. The van der Waals surface area contributed by atoms with Gasteiger partial charge in [-0.3, -0.25) is 9.59 Å². The lowest BCUT2D eigenvalue weighted by Gasteiger charge is -2.60. The van der Waals surface area contributed by atoms with Crippen molar-refractivity contribution in [2.75, 3.05) is 0 Å². The van der Waals surface area contributed by atoms with E-state index in [1.807, 2.05) is 27.7 Å². The number of hydrogen-bond acceptors (Lipinski definition) is 6. The van der Waals surface area contributed by atoms with E-state index in [4.69, 9.17) is 9.47 Å². The van der Waals surface area contributed by atoms with Gasteiger partial charge in [-0.2, -0.15) is 0 Å². The Morgan fingerprint density at radius 2 is 0.952 bits per heavy atom. The first-order valence-corrected chi connectivity index (χ1v) is 17.2. The van der Waals surface area contributed by atoms with E-state index in [0.29, 0.717) is 23.4 Å². The number of aliphatic hydroxyl groups is 2. The largest absolute Gasteiger partial charge is 0.388 e. The lowest BCUT2D eigenvalue weighted by molar-refractivity contribution is -0.229. The van der Waals surface area contributed by atoms with Gasteiger partial charge in [0, 0.05) is 23.7 Å². The number of carbonyl (C=O) groups is 2. The van der Waals surface area contributed by atoms with Crippen LogP contribution in [0.25, 0.3) is 0 Å². The molecule has 0 radical (unpaired) electrons. The molecule has 0 aromatic carbocycles. The van der Waals surface area contributed by atoms with E-state index in [2.05, 4.69) is 27.7 Å². The molecule has 6 fully saturated rings. The van der Waals surface area contributed by atoms with Crippen LogP contribution in [-0.2, 0) is 19.1 Å². The minimum atomic E-state index is -0.773. The maximum atomic E-state index is 12.5. The molecule has 2 heterocycles. The fraction of sp³-hybridized carbons (Fsp3) is 0.944. The predicted octanol–water partition coefficient (Wildman–Crippen LogP) is 6.96. The molecule has 6 aliphatic rings. The van der Waals surface area contributed by atoms with Gasteiger partial charge in [0.25, 0.3) is 0 Å². The van der Waals surface area contributed by atoms with Crippen LogP contribution in [-0.4, -0.2) is 57.4 Å². The Kier molecular flexibility index (Phi) is 8.46. The molecule has 0 bridgehead atoms. The van der Waals surface area contributed by atoms with E-state index in [1.165, 1.54) is 0 Å². The van der Waals surface area contributed by atoms with Gasteiger partial charge >= 0.3 is 0 Å². The average Bonchev–Trinajstić information content (AvgIpc) is 2.89. The highest BCUT2D eigenvalue weighted by Gasteiger charge is 2.61. The molecule has 2 N–H and O–H groups in total. The van der Waals surface area contributed by atoms with Crippen molar-refractivity contribution in [3.05, 3.63) is 0 Å². The summed E-state index contributed by atoms with van der Waals surface area (Å²) in [7, 11) is 0. The van der Waals surface area contributed by atoms with E-state index in [1.54, 1.807) is 0 Å². The Morgan fingerprint density at radius 1 is 0.595 bits per heavy atom. The summed E-state index contributed by atoms with van der Waals surface area (Å²) in [6.07, 6.45) is 13.9. The summed E-state index contributed by atoms with van der Waals surface area (Å²) in [4.78, 5) is 25.0. The normalized spacial score (nSPS) is 47.7. The number of ketones is 2. The molecule has 2 saturated heterocycles. The fourth-order valence-corrected chi connectivity index (χ4v) is 10.8. The van der Waals surface area contributed by atoms with Crippen LogP contribution in [0, 0.1) is 33.5 Å². The van der Waals surface area contributed by atoms with Crippen molar-refractivity contribution in [3.8, 4) is 0 Å². The summed E-state index contributed by atoms with van der Waals surface area (Å²) >= 11 is 0. The van der Waals surface area contributed by atoms with E-state index in [0.717, 1.165) is 89.9 Å². The second-order valence-corrected chi connectivity index (χ2v) is 17.3. The number of fused-ring (bicyclic) bond motifs is 6. The molecular formula is C36H60O6. The van der Waals surface area contributed by atoms with Gasteiger partial charge in [-0.25, -0.2) is 0 Å². The van der Waals surface area contributed by atoms with Crippen molar-refractivity contribution in [3.63, 3.8) is 0 Å². The van der Waals surface area contributed by atoms with E-state index < -0.39 is 11.2 Å². The molecule has 0 spiro atoms. The van der Waals surface area contributed by atoms with Gasteiger partial charge in [-0.1, -0.05) is 27.7 Å². The molecule has 6 rings (SSSR count). The highest BCUT2D eigenvalue weighted by atomic mass is 16.5. The topological polar surface area (TPSA) is 93.1 Å². The second kappa shape index (κ2) is 10.9. The molecule has 0 amide bonds. The molecule has 6 heteroatoms. The van der Waals surface area contributed by atoms with E-state index >= 15 is 0 Å². The minimum Gasteiger partial charge on any atom is -0.388 e. The van der Waals surface area contributed by atoms with Crippen LogP contribution in [0.1, 0.15) is 145 Å². The Balaban J connectivity index is 0.000000168. The number of hydrogen-bond donors (Lipinski definition) is 2. The van der Waals surface area contributed by atoms with Crippen molar-refractivity contribution in [1.29, 1.82) is 0 Å². The molecular weight excluding hydrogens is 528 g/mol. The number of ether oxygens (including phenoxy) is 2. The van der Waals surface area contributed by atoms with Gasteiger partial charge in [0.15, 0.2) is 0 Å². The van der Waals surface area contributed by atoms with Crippen LogP contribution in [0.2, 0.25) is 0 Å². The Hall–Kier alpha value is -0.820. The molecule has 10 atom stereocenters. The van der Waals surface area contributed by atoms with E-state index in [9.17, 15) is 19.8 Å². The van der Waals surface area contributed by atoms with Crippen LogP contribution in [0.5, 0.6) is 0 Å². The van der Waals surface area contributed by atoms with E-state index in [-0.39, 0.29) is 46.1 Å². The monoisotopic (exact) mass is 588 g/mol. The van der Waals surface area contributed by atoms with Gasteiger partial charge < -0.3 is 19.7 Å².